The minimum atomic E-state index is -0.775. The lowest BCUT2D eigenvalue weighted by atomic mass is 9.81. The number of hydrogen-bond donors (Lipinski definition) is 1. The largest absolute Gasteiger partial charge is 0.378 e. The first kappa shape index (κ1) is 14.0. The van der Waals surface area contributed by atoms with Crippen LogP contribution in [-0.4, -0.2) is 29.4 Å². The van der Waals surface area contributed by atoms with Gasteiger partial charge in [0.15, 0.2) is 0 Å². The molecule has 3 nitrogen and oxygen atoms in total. The van der Waals surface area contributed by atoms with E-state index < -0.39 is 5.60 Å². The van der Waals surface area contributed by atoms with E-state index in [0.717, 1.165) is 40.5 Å². The maximum absolute atomic E-state index is 11.9. The number of carbonyl (C=O) groups is 1. The second-order valence-electron chi connectivity index (χ2n) is 5.38. The number of amides is 1. The highest BCUT2D eigenvalue weighted by Crippen LogP contribution is 2.44. The highest BCUT2D eigenvalue weighted by molar-refractivity contribution is 7.99. The summed E-state index contributed by atoms with van der Waals surface area (Å²) in [6.07, 6.45) is 3.19. The molecule has 106 valence electrons. The monoisotopic (exact) mass is 307 g/mol. The highest BCUT2D eigenvalue weighted by Gasteiger charge is 2.32. The Bertz CT molecular complexity index is 620. The Kier molecular flexibility index (Phi) is 3.57. The van der Waals surface area contributed by atoms with Crippen molar-refractivity contribution in [2.45, 2.75) is 43.1 Å². The van der Waals surface area contributed by atoms with Crippen LogP contribution in [0, 0.1) is 18.8 Å². The lowest BCUT2D eigenvalue weighted by Crippen LogP contribution is -2.34. The van der Waals surface area contributed by atoms with E-state index in [1.165, 1.54) is 4.90 Å². The molecule has 0 saturated heterocycles. The average Bonchev–Trinajstić information content (AvgIpc) is 2.63. The molecule has 0 bridgehead atoms. The smallest absolute Gasteiger partial charge is 0.228 e. The van der Waals surface area contributed by atoms with Crippen molar-refractivity contribution in [3.05, 3.63) is 10.4 Å². The minimum absolute atomic E-state index is 0.162. The van der Waals surface area contributed by atoms with Crippen molar-refractivity contribution >= 4 is 34.0 Å². The van der Waals surface area contributed by atoms with Crippen molar-refractivity contribution in [2.24, 2.45) is 0 Å². The summed E-state index contributed by atoms with van der Waals surface area (Å²) in [5.74, 6) is 7.13. The van der Waals surface area contributed by atoms with Crippen molar-refractivity contribution in [1.29, 1.82) is 0 Å². The molecule has 0 atom stereocenters. The van der Waals surface area contributed by atoms with Crippen molar-refractivity contribution < 1.29 is 9.90 Å². The predicted molar refractivity (Wildman–Crippen MR) is 83.5 cm³/mol. The number of carbonyl (C=O) groups excluding carboxylic acids is 1. The Hall–Kier alpha value is -0.960. The number of thioether (sulfide) groups is 1. The van der Waals surface area contributed by atoms with Gasteiger partial charge in [0.2, 0.25) is 5.91 Å². The summed E-state index contributed by atoms with van der Waals surface area (Å²) in [6.45, 7) is 2.06. The van der Waals surface area contributed by atoms with Gasteiger partial charge in [-0.25, -0.2) is 0 Å². The van der Waals surface area contributed by atoms with Gasteiger partial charge in [-0.2, -0.15) is 0 Å². The Morgan fingerprint density at radius 3 is 2.80 bits per heavy atom. The molecule has 2 aliphatic rings. The zero-order chi connectivity index (χ0) is 14.3. The normalized spacial score (nSPS) is 20.6. The number of rotatable bonds is 0. The van der Waals surface area contributed by atoms with Gasteiger partial charge >= 0.3 is 0 Å². The quantitative estimate of drug-likeness (QED) is 0.749. The summed E-state index contributed by atoms with van der Waals surface area (Å²) >= 11 is 3.30. The molecule has 0 spiro atoms. The number of fused-ring (bicyclic) bond motifs is 1. The molecule has 0 unspecified atom stereocenters. The predicted octanol–water partition coefficient (Wildman–Crippen LogP) is 2.78. The van der Waals surface area contributed by atoms with Crippen molar-refractivity contribution in [2.75, 3.05) is 17.7 Å². The minimum Gasteiger partial charge on any atom is -0.378 e. The summed E-state index contributed by atoms with van der Waals surface area (Å²) in [7, 11) is 1.83. The van der Waals surface area contributed by atoms with Gasteiger partial charge < -0.3 is 10.0 Å². The van der Waals surface area contributed by atoms with Crippen molar-refractivity contribution in [1.82, 2.24) is 0 Å². The van der Waals surface area contributed by atoms with Gasteiger partial charge in [-0.05, 0) is 31.7 Å². The van der Waals surface area contributed by atoms with E-state index in [1.54, 1.807) is 28.0 Å². The molecule has 1 aliphatic carbocycles. The van der Waals surface area contributed by atoms with E-state index >= 15 is 0 Å². The molecule has 1 fully saturated rings. The molecule has 1 aromatic rings. The zero-order valence-corrected chi connectivity index (χ0v) is 13.3. The van der Waals surface area contributed by atoms with Gasteiger partial charge in [0.1, 0.15) is 10.6 Å². The van der Waals surface area contributed by atoms with Gasteiger partial charge in [-0.1, -0.05) is 11.8 Å². The van der Waals surface area contributed by atoms with Crippen LogP contribution < -0.4 is 4.90 Å². The van der Waals surface area contributed by atoms with Gasteiger partial charge in [0, 0.05) is 24.1 Å². The number of nitrogens with zero attached hydrogens (tertiary/aromatic N) is 1. The number of thiophene rings is 1. The van der Waals surface area contributed by atoms with E-state index in [0.29, 0.717) is 6.42 Å². The van der Waals surface area contributed by atoms with Crippen LogP contribution in [0.4, 0.5) is 5.00 Å². The third-order valence-corrected chi connectivity index (χ3v) is 6.51. The van der Waals surface area contributed by atoms with E-state index in [2.05, 4.69) is 18.8 Å². The van der Waals surface area contributed by atoms with E-state index in [4.69, 9.17) is 0 Å². The van der Waals surface area contributed by atoms with Gasteiger partial charge in [0.25, 0.3) is 0 Å². The molecule has 0 aromatic carbocycles. The van der Waals surface area contributed by atoms with Gasteiger partial charge in [-0.3, -0.25) is 4.79 Å². The lowest BCUT2D eigenvalue weighted by Gasteiger charge is -2.30. The first-order valence-electron chi connectivity index (χ1n) is 6.78. The van der Waals surface area contributed by atoms with Crippen LogP contribution in [0.1, 0.15) is 36.1 Å². The molecule has 1 amide bonds. The summed E-state index contributed by atoms with van der Waals surface area (Å²) < 4.78 is 0. The second kappa shape index (κ2) is 5.10. The van der Waals surface area contributed by atoms with Crippen LogP contribution in [0.2, 0.25) is 0 Å². The maximum atomic E-state index is 11.9. The number of anilines is 1. The van der Waals surface area contributed by atoms with Crippen molar-refractivity contribution in [3.63, 3.8) is 0 Å². The lowest BCUT2D eigenvalue weighted by molar-refractivity contribution is -0.117. The molecule has 5 heteroatoms. The number of hydrogen-bond acceptors (Lipinski definition) is 4. The molecule has 1 saturated carbocycles. The molecule has 20 heavy (non-hydrogen) atoms. The van der Waals surface area contributed by atoms with Crippen LogP contribution >= 0.6 is 23.1 Å². The fraction of sp³-hybridized carbons (Fsp3) is 0.533. The van der Waals surface area contributed by atoms with Gasteiger partial charge in [-0.15, -0.1) is 23.1 Å². The SMILES string of the molecule is Cc1c(C#CC2(O)CCC2)sc2c1SCCC(=O)N2C. The fourth-order valence-corrected chi connectivity index (χ4v) is 4.79. The Morgan fingerprint density at radius 1 is 1.40 bits per heavy atom. The number of aliphatic hydroxyl groups is 1. The Balaban J connectivity index is 1.96. The van der Waals surface area contributed by atoms with Crippen LogP contribution in [0.25, 0.3) is 0 Å². The van der Waals surface area contributed by atoms with Crippen LogP contribution in [0.15, 0.2) is 4.90 Å². The van der Waals surface area contributed by atoms with Gasteiger partial charge in [0.05, 0.1) is 4.88 Å². The maximum Gasteiger partial charge on any atom is 0.228 e. The van der Waals surface area contributed by atoms with E-state index in [9.17, 15) is 9.90 Å². The molecule has 1 aliphatic heterocycles. The topological polar surface area (TPSA) is 40.5 Å². The molecular weight excluding hydrogens is 290 g/mol. The third-order valence-electron chi connectivity index (χ3n) is 3.90. The molecular formula is C15H17NO2S2. The summed E-state index contributed by atoms with van der Waals surface area (Å²) in [5, 5.41) is 11.1. The summed E-state index contributed by atoms with van der Waals surface area (Å²) in [5.41, 5.74) is 0.370. The Morgan fingerprint density at radius 2 is 2.15 bits per heavy atom. The fourth-order valence-electron chi connectivity index (χ4n) is 2.32. The molecule has 2 heterocycles. The summed E-state index contributed by atoms with van der Waals surface area (Å²) in [6, 6.07) is 0. The van der Waals surface area contributed by atoms with Crippen LogP contribution in [0.3, 0.4) is 0 Å². The summed E-state index contributed by atoms with van der Waals surface area (Å²) in [4.78, 5) is 15.8. The standard InChI is InChI=1S/C15H17NO2S2/c1-10-11(4-8-15(18)6-3-7-15)20-14-13(10)19-9-5-12(17)16(14)2/h18H,3,5-7,9H2,1-2H3. The zero-order valence-electron chi connectivity index (χ0n) is 11.7. The third kappa shape index (κ3) is 2.37. The van der Waals surface area contributed by atoms with E-state index in [-0.39, 0.29) is 5.91 Å². The molecule has 1 N–H and O–H groups in total. The van der Waals surface area contributed by atoms with Crippen LogP contribution in [0.5, 0.6) is 0 Å². The van der Waals surface area contributed by atoms with Crippen molar-refractivity contribution in [3.8, 4) is 11.8 Å². The first-order chi connectivity index (χ1) is 9.50. The first-order valence-corrected chi connectivity index (χ1v) is 8.59. The molecule has 3 rings (SSSR count). The van der Waals surface area contributed by atoms with Crippen LogP contribution in [-0.2, 0) is 4.79 Å². The second-order valence-corrected chi connectivity index (χ2v) is 7.48. The average molecular weight is 307 g/mol. The highest BCUT2D eigenvalue weighted by atomic mass is 32.2. The molecule has 1 aromatic heterocycles. The Labute approximate surface area is 127 Å². The van der Waals surface area contributed by atoms with E-state index in [1.807, 2.05) is 7.05 Å². The molecule has 0 radical (unpaired) electrons.